The van der Waals surface area contributed by atoms with Gasteiger partial charge in [0.15, 0.2) is 0 Å². The van der Waals surface area contributed by atoms with E-state index in [4.69, 9.17) is 11.5 Å². The first kappa shape index (κ1) is 22.7. The lowest BCUT2D eigenvalue weighted by molar-refractivity contribution is 0.248. The predicted octanol–water partition coefficient (Wildman–Crippen LogP) is 5.42. The van der Waals surface area contributed by atoms with Gasteiger partial charge in [-0.05, 0) is 12.3 Å². The Morgan fingerprint density at radius 2 is 1.28 bits per heavy atom. The first-order valence-corrected chi connectivity index (χ1v) is 7.64. The van der Waals surface area contributed by atoms with Crippen molar-refractivity contribution in [1.29, 1.82) is 0 Å². The molecule has 0 radical (unpaired) electrons. The van der Waals surface area contributed by atoms with Crippen molar-refractivity contribution >= 4 is 0 Å². The normalized spacial score (nSPS) is 8.78. The van der Waals surface area contributed by atoms with Crippen molar-refractivity contribution in [2.75, 3.05) is 6.61 Å². The zero-order valence-corrected chi connectivity index (χ0v) is 13.5. The van der Waals surface area contributed by atoms with Crippen molar-refractivity contribution in [2.45, 2.75) is 86.0 Å². The molecule has 0 aromatic heterocycles. The van der Waals surface area contributed by atoms with Crippen molar-refractivity contribution < 1.29 is 5.11 Å². The Bertz CT molecular complexity index is 140. The molecule has 110 valence electrons. The lowest BCUT2D eigenvalue weighted by Gasteiger charge is -1.90. The second-order valence-corrected chi connectivity index (χ2v) is 4.94. The average Bonchev–Trinajstić information content (AvgIpc) is 2.38. The van der Waals surface area contributed by atoms with Crippen molar-refractivity contribution in [2.24, 2.45) is 5.92 Å². The van der Waals surface area contributed by atoms with Crippen LogP contribution in [0.1, 0.15) is 86.0 Å². The number of unbranched alkanes of at least 4 members (excludes halogenated alkanes) is 6. The van der Waals surface area contributed by atoms with Gasteiger partial charge in [-0.15, -0.1) is 12.3 Å². The zero-order chi connectivity index (χ0) is 14.6. The molecule has 0 heterocycles. The molecule has 0 atom stereocenters. The van der Waals surface area contributed by atoms with Crippen LogP contribution in [0.2, 0.25) is 0 Å². The highest BCUT2D eigenvalue weighted by atomic mass is 16.3. The summed E-state index contributed by atoms with van der Waals surface area (Å²) in [5, 5.41) is 8.14. The standard InChI is InChI=1S/C7H16.C6H10.C4H10O/c1-3-5-7-6-4-2;1-3-5-6-4-2;1-4(2)3-5/h3-7H2,1-2H3;1H,4-6H2,2H3;4-5H,3H2,1-2H3. The molecular weight excluding hydrogens is 220 g/mol. The molecule has 1 heteroatoms. The Labute approximate surface area is 116 Å². The van der Waals surface area contributed by atoms with Crippen molar-refractivity contribution in [1.82, 2.24) is 0 Å². The highest BCUT2D eigenvalue weighted by Gasteiger charge is 1.81. The van der Waals surface area contributed by atoms with Crippen LogP contribution in [0.25, 0.3) is 0 Å². The van der Waals surface area contributed by atoms with E-state index >= 15 is 0 Å². The quantitative estimate of drug-likeness (QED) is 0.476. The van der Waals surface area contributed by atoms with Crippen LogP contribution < -0.4 is 0 Å². The third kappa shape index (κ3) is 45.1. The highest BCUT2D eigenvalue weighted by molar-refractivity contribution is 4.82. The second kappa shape index (κ2) is 25.4. The molecular formula is C17H36O. The van der Waals surface area contributed by atoms with Gasteiger partial charge in [-0.3, -0.25) is 0 Å². The molecule has 0 unspecified atom stereocenters. The molecule has 0 aliphatic carbocycles. The van der Waals surface area contributed by atoms with Crippen LogP contribution >= 0.6 is 0 Å². The van der Waals surface area contributed by atoms with Crippen LogP contribution in [0.15, 0.2) is 0 Å². The van der Waals surface area contributed by atoms with Gasteiger partial charge in [0.2, 0.25) is 0 Å². The van der Waals surface area contributed by atoms with E-state index in [0.717, 1.165) is 6.42 Å². The smallest absolute Gasteiger partial charge is 0.0453 e. The van der Waals surface area contributed by atoms with Gasteiger partial charge in [-0.2, -0.15) is 0 Å². The summed E-state index contributed by atoms with van der Waals surface area (Å²) in [4.78, 5) is 0. The van der Waals surface area contributed by atoms with E-state index in [1.54, 1.807) is 0 Å². The van der Waals surface area contributed by atoms with Crippen molar-refractivity contribution in [3.05, 3.63) is 0 Å². The minimum atomic E-state index is 0.306. The van der Waals surface area contributed by atoms with E-state index in [1.807, 2.05) is 13.8 Å². The summed E-state index contributed by atoms with van der Waals surface area (Å²) < 4.78 is 0. The molecule has 0 spiro atoms. The van der Waals surface area contributed by atoms with Gasteiger partial charge in [0.05, 0.1) is 0 Å². The Kier molecular flexibility index (Phi) is 32.0. The summed E-state index contributed by atoms with van der Waals surface area (Å²) in [7, 11) is 0. The van der Waals surface area contributed by atoms with Crippen LogP contribution in [0.4, 0.5) is 0 Å². The summed E-state index contributed by atoms with van der Waals surface area (Å²) in [5.41, 5.74) is 0. The Morgan fingerprint density at radius 1 is 0.889 bits per heavy atom. The number of hydrogen-bond donors (Lipinski definition) is 1. The third-order valence-corrected chi connectivity index (χ3v) is 2.25. The maximum Gasteiger partial charge on any atom is 0.0453 e. The minimum absolute atomic E-state index is 0.306. The molecule has 0 amide bonds. The first-order valence-electron chi connectivity index (χ1n) is 7.64. The van der Waals surface area contributed by atoms with Gasteiger partial charge in [-0.25, -0.2) is 0 Å². The summed E-state index contributed by atoms with van der Waals surface area (Å²) >= 11 is 0. The van der Waals surface area contributed by atoms with Crippen LogP contribution in [0, 0.1) is 18.3 Å². The van der Waals surface area contributed by atoms with Gasteiger partial charge in [-0.1, -0.05) is 73.1 Å². The Hall–Kier alpha value is -0.480. The first-order chi connectivity index (χ1) is 8.60. The Morgan fingerprint density at radius 3 is 1.44 bits per heavy atom. The molecule has 1 N–H and O–H groups in total. The molecule has 0 fully saturated rings. The number of aliphatic hydroxyl groups is 1. The molecule has 0 rings (SSSR count). The zero-order valence-electron chi connectivity index (χ0n) is 13.5. The fraction of sp³-hybridized carbons (Fsp3) is 0.882. The lowest BCUT2D eigenvalue weighted by Crippen LogP contribution is -1.90. The van der Waals surface area contributed by atoms with Gasteiger partial charge in [0, 0.05) is 13.0 Å². The van der Waals surface area contributed by atoms with E-state index in [2.05, 4.69) is 26.7 Å². The number of hydrogen-bond acceptors (Lipinski definition) is 1. The monoisotopic (exact) mass is 256 g/mol. The average molecular weight is 256 g/mol. The van der Waals surface area contributed by atoms with E-state index in [9.17, 15) is 0 Å². The Balaban J connectivity index is -0.000000190. The topological polar surface area (TPSA) is 20.2 Å². The van der Waals surface area contributed by atoms with Gasteiger partial charge >= 0.3 is 0 Å². The van der Waals surface area contributed by atoms with Gasteiger partial charge in [0.1, 0.15) is 0 Å². The number of terminal acetylenes is 1. The van der Waals surface area contributed by atoms with Crippen molar-refractivity contribution in [3.8, 4) is 12.3 Å². The van der Waals surface area contributed by atoms with E-state index < -0.39 is 0 Å². The summed E-state index contributed by atoms with van der Waals surface area (Å²) in [6.45, 7) is 10.9. The largest absolute Gasteiger partial charge is 0.396 e. The van der Waals surface area contributed by atoms with E-state index in [-0.39, 0.29) is 0 Å². The molecule has 1 nitrogen and oxygen atoms in total. The minimum Gasteiger partial charge on any atom is -0.396 e. The SMILES string of the molecule is C#CCCCC.CC(C)CO.CCCCCCC. The van der Waals surface area contributed by atoms with E-state index in [0.29, 0.717) is 12.5 Å². The fourth-order valence-corrected chi connectivity index (χ4v) is 0.956. The predicted molar refractivity (Wildman–Crippen MR) is 84.7 cm³/mol. The molecule has 0 aromatic carbocycles. The molecule has 0 bridgehead atoms. The maximum absolute atomic E-state index is 8.14. The van der Waals surface area contributed by atoms with Crippen LogP contribution in [-0.4, -0.2) is 11.7 Å². The van der Waals surface area contributed by atoms with Crippen LogP contribution in [0.3, 0.4) is 0 Å². The second-order valence-electron chi connectivity index (χ2n) is 4.94. The van der Waals surface area contributed by atoms with Crippen molar-refractivity contribution in [3.63, 3.8) is 0 Å². The van der Waals surface area contributed by atoms with Gasteiger partial charge < -0.3 is 5.11 Å². The fourth-order valence-electron chi connectivity index (χ4n) is 0.956. The number of rotatable bonds is 7. The van der Waals surface area contributed by atoms with Crippen LogP contribution in [-0.2, 0) is 0 Å². The lowest BCUT2D eigenvalue weighted by atomic mass is 10.2. The van der Waals surface area contributed by atoms with E-state index in [1.165, 1.54) is 44.9 Å². The molecule has 0 aromatic rings. The highest BCUT2D eigenvalue weighted by Crippen LogP contribution is 2.00. The molecule has 18 heavy (non-hydrogen) atoms. The molecule has 0 saturated heterocycles. The molecule has 0 aliphatic rings. The number of aliphatic hydroxyl groups excluding tert-OH is 1. The third-order valence-electron chi connectivity index (χ3n) is 2.25. The summed E-state index contributed by atoms with van der Waals surface area (Å²) in [6.07, 6.45) is 15.3. The summed E-state index contributed by atoms with van der Waals surface area (Å²) in [6, 6.07) is 0. The maximum atomic E-state index is 8.14. The molecule has 0 saturated carbocycles. The summed E-state index contributed by atoms with van der Waals surface area (Å²) in [5.74, 6) is 3.01. The van der Waals surface area contributed by atoms with Crippen LogP contribution in [0.5, 0.6) is 0 Å². The molecule has 0 aliphatic heterocycles. The van der Waals surface area contributed by atoms with Gasteiger partial charge in [0.25, 0.3) is 0 Å².